The number of esters is 1. The lowest BCUT2D eigenvalue weighted by Gasteiger charge is -2.36. The van der Waals surface area contributed by atoms with E-state index in [1.165, 1.54) is 18.2 Å². The van der Waals surface area contributed by atoms with Crippen molar-refractivity contribution in [3.05, 3.63) is 33.9 Å². The highest BCUT2D eigenvalue weighted by atomic mass is 35.5. The molecule has 25 heavy (non-hydrogen) atoms. The number of fused-ring (bicyclic) bond motifs is 2. The number of hydrogen-bond acceptors (Lipinski definition) is 3. The number of halogens is 4. The number of carbonyl (C=O) groups excluding carboxylic acids is 1. The molecule has 1 aromatic carbocycles. The van der Waals surface area contributed by atoms with Crippen LogP contribution >= 0.6 is 11.6 Å². The summed E-state index contributed by atoms with van der Waals surface area (Å²) in [5.74, 6) is -0.293. The van der Waals surface area contributed by atoms with Crippen molar-refractivity contribution in [3.8, 4) is 5.75 Å². The van der Waals surface area contributed by atoms with Crippen molar-refractivity contribution in [2.75, 3.05) is 0 Å². The highest BCUT2D eigenvalue weighted by Crippen LogP contribution is 2.51. The molecule has 7 heteroatoms. The summed E-state index contributed by atoms with van der Waals surface area (Å²) in [7, 11) is 0. The second kappa shape index (κ2) is 5.66. The highest BCUT2D eigenvalue weighted by molar-refractivity contribution is 6.30. The topological polar surface area (TPSA) is 35.5 Å². The van der Waals surface area contributed by atoms with E-state index in [-0.39, 0.29) is 23.7 Å². The number of ether oxygens (including phenoxy) is 2. The molecule has 0 amide bonds. The first-order chi connectivity index (χ1) is 11.7. The molecule has 0 aromatic heterocycles. The Kier molecular flexibility index (Phi) is 3.79. The molecule has 0 radical (unpaired) electrons. The van der Waals surface area contributed by atoms with Gasteiger partial charge in [-0.2, -0.15) is 13.2 Å². The van der Waals surface area contributed by atoms with Crippen LogP contribution in [0.2, 0.25) is 5.02 Å². The minimum Gasteiger partial charge on any atom is -0.475 e. The second-order valence-electron chi connectivity index (χ2n) is 6.98. The molecular formula is C18H16ClF3O3. The number of hydrogen-bond donors (Lipinski definition) is 0. The Hall–Kier alpha value is -1.69. The molecule has 3 aliphatic carbocycles. The predicted molar refractivity (Wildman–Crippen MR) is 85.3 cm³/mol. The zero-order valence-corrected chi connectivity index (χ0v) is 14.2. The smallest absolute Gasteiger partial charge is 0.430 e. The van der Waals surface area contributed by atoms with Crippen LogP contribution in [0, 0.1) is 18.8 Å². The summed E-state index contributed by atoms with van der Waals surface area (Å²) in [6, 6.07) is 3.01. The maximum absolute atomic E-state index is 13.5. The van der Waals surface area contributed by atoms with Crippen LogP contribution < -0.4 is 4.74 Å². The molecule has 2 bridgehead atoms. The Morgan fingerprint density at radius 2 is 1.96 bits per heavy atom. The summed E-state index contributed by atoms with van der Waals surface area (Å²) < 4.78 is 50.9. The van der Waals surface area contributed by atoms with Gasteiger partial charge in [0, 0.05) is 10.6 Å². The summed E-state index contributed by atoms with van der Waals surface area (Å²) in [6.45, 7) is 1.61. The molecule has 1 heterocycles. The quantitative estimate of drug-likeness (QED) is 0.706. The molecule has 4 aliphatic rings. The Labute approximate surface area is 147 Å². The van der Waals surface area contributed by atoms with Crippen molar-refractivity contribution in [1.82, 2.24) is 0 Å². The standard InChI is InChI=1S/C18H16ClF3O3/c1-8-4-12(19)6-11-7-13(16(18(20,21)22)24-14(8)11)17(23)25-15-9-2-3-10(15)5-9/h4,6-7,9-10,15-16H,2-3,5H2,1H3. The van der Waals surface area contributed by atoms with Crippen LogP contribution in [0.25, 0.3) is 6.08 Å². The molecule has 5 rings (SSSR count). The Morgan fingerprint density at radius 3 is 2.56 bits per heavy atom. The van der Waals surface area contributed by atoms with Gasteiger partial charge < -0.3 is 9.47 Å². The molecule has 1 aliphatic heterocycles. The summed E-state index contributed by atoms with van der Waals surface area (Å²) in [4.78, 5) is 12.5. The van der Waals surface area contributed by atoms with Gasteiger partial charge in [-0.05, 0) is 61.8 Å². The fraction of sp³-hybridized carbons (Fsp3) is 0.500. The van der Waals surface area contributed by atoms with Crippen LogP contribution in [0.3, 0.4) is 0 Å². The van der Waals surface area contributed by atoms with Crippen molar-refractivity contribution in [2.45, 2.75) is 44.6 Å². The van der Waals surface area contributed by atoms with Crippen LogP contribution in [0.1, 0.15) is 30.4 Å². The van der Waals surface area contributed by atoms with Crippen molar-refractivity contribution in [1.29, 1.82) is 0 Å². The van der Waals surface area contributed by atoms with E-state index in [0.717, 1.165) is 19.3 Å². The van der Waals surface area contributed by atoms with E-state index in [1.54, 1.807) is 6.92 Å². The normalized spacial score (nSPS) is 30.0. The van der Waals surface area contributed by atoms with E-state index in [1.807, 2.05) is 0 Å². The predicted octanol–water partition coefficient (Wildman–Crippen LogP) is 4.70. The van der Waals surface area contributed by atoms with Crippen molar-refractivity contribution in [3.63, 3.8) is 0 Å². The molecule has 134 valence electrons. The van der Waals surface area contributed by atoms with E-state index in [4.69, 9.17) is 21.1 Å². The van der Waals surface area contributed by atoms with Gasteiger partial charge in [-0.15, -0.1) is 0 Å². The monoisotopic (exact) mass is 372 g/mol. The van der Waals surface area contributed by atoms with Gasteiger partial charge >= 0.3 is 12.1 Å². The van der Waals surface area contributed by atoms with Crippen molar-refractivity contribution >= 4 is 23.6 Å². The average molecular weight is 373 g/mol. The molecule has 3 fully saturated rings. The molecule has 3 atom stereocenters. The maximum Gasteiger partial charge on any atom is 0.430 e. The van der Waals surface area contributed by atoms with E-state index in [0.29, 0.717) is 16.1 Å². The van der Waals surface area contributed by atoms with Gasteiger partial charge in [0.05, 0.1) is 5.57 Å². The first-order valence-corrected chi connectivity index (χ1v) is 8.58. The van der Waals surface area contributed by atoms with Gasteiger partial charge in [0.15, 0.2) is 0 Å². The number of carbonyl (C=O) groups is 1. The summed E-state index contributed by atoms with van der Waals surface area (Å²) >= 11 is 5.97. The van der Waals surface area contributed by atoms with Gasteiger partial charge in [0.1, 0.15) is 11.9 Å². The first-order valence-electron chi connectivity index (χ1n) is 8.20. The number of rotatable bonds is 2. The summed E-state index contributed by atoms with van der Waals surface area (Å²) in [5.41, 5.74) is 0.319. The van der Waals surface area contributed by atoms with Gasteiger partial charge in [-0.1, -0.05) is 11.6 Å². The summed E-state index contributed by atoms with van der Waals surface area (Å²) in [5, 5.41) is 0.367. The molecule has 0 spiro atoms. The number of aryl methyl sites for hydroxylation is 1. The lowest BCUT2D eigenvalue weighted by Crippen LogP contribution is -2.44. The number of benzene rings is 1. The molecule has 0 N–H and O–H groups in total. The van der Waals surface area contributed by atoms with Crippen LogP contribution in [0.15, 0.2) is 17.7 Å². The van der Waals surface area contributed by atoms with Crippen molar-refractivity contribution in [2.24, 2.45) is 11.8 Å². The van der Waals surface area contributed by atoms with Gasteiger partial charge in [-0.25, -0.2) is 4.79 Å². The van der Waals surface area contributed by atoms with Crippen molar-refractivity contribution < 1.29 is 27.4 Å². The zero-order chi connectivity index (χ0) is 17.9. The molecule has 3 nitrogen and oxygen atoms in total. The Balaban J connectivity index is 1.68. The maximum atomic E-state index is 13.5. The first kappa shape index (κ1) is 16.8. The van der Waals surface area contributed by atoms with Gasteiger partial charge in [-0.3, -0.25) is 0 Å². The lowest BCUT2D eigenvalue weighted by atomic mass is 9.81. The largest absolute Gasteiger partial charge is 0.475 e. The zero-order valence-electron chi connectivity index (χ0n) is 13.4. The van der Waals surface area contributed by atoms with Crippen LogP contribution in [0.4, 0.5) is 13.2 Å². The fourth-order valence-corrected chi connectivity index (χ4v) is 4.36. The molecule has 3 saturated carbocycles. The van der Waals surface area contributed by atoms with Crippen LogP contribution in [0.5, 0.6) is 5.75 Å². The third-order valence-electron chi connectivity index (χ3n) is 5.32. The lowest BCUT2D eigenvalue weighted by molar-refractivity contribution is -0.190. The minimum absolute atomic E-state index is 0.0898. The molecule has 1 aromatic rings. The minimum atomic E-state index is -4.72. The van der Waals surface area contributed by atoms with Crippen LogP contribution in [-0.2, 0) is 9.53 Å². The molecular weight excluding hydrogens is 357 g/mol. The van der Waals surface area contributed by atoms with E-state index in [9.17, 15) is 18.0 Å². The molecule has 3 unspecified atom stereocenters. The van der Waals surface area contributed by atoms with E-state index >= 15 is 0 Å². The summed E-state index contributed by atoms with van der Waals surface area (Å²) in [6.07, 6.45) is -3.17. The van der Waals surface area contributed by atoms with Gasteiger partial charge in [0.2, 0.25) is 6.10 Å². The third-order valence-corrected chi connectivity index (χ3v) is 5.53. The molecule has 0 saturated heterocycles. The van der Waals surface area contributed by atoms with E-state index < -0.39 is 23.8 Å². The average Bonchev–Trinajstić information content (AvgIpc) is 3.14. The van der Waals surface area contributed by atoms with Gasteiger partial charge in [0.25, 0.3) is 0 Å². The Bertz CT molecular complexity index is 758. The Morgan fingerprint density at radius 1 is 1.28 bits per heavy atom. The third kappa shape index (κ3) is 2.80. The SMILES string of the molecule is Cc1cc(Cl)cc2c1OC(C(F)(F)F)C(C(=O)OC1C3CCC1C3)=C2. The number of alkyl halides is 3. The fourth-order valence-electron chi connectivity index (χ4n) is 4.08. The second-order valence-corrected chi connectivity index (χ2v) is 7.42. The van der Waals surface area contributed by atoms with E-state index in [2.05, 4.69) is 0 Å². The van der Waals surface area contributed by atoms with Crippen LogP contribution in [-0.4, -0.2) is 24.4 Å². The highest BCUT2D eigenvalue weighted by Gasteiger charge is 2.52.